The largest absolute Gasteiger partial charge is 0.507 e. The van der Waals surface area contributed by atoms with Crippen molar-refractivity contribution in [2.75, 3.05) is 19.5 Å². The number of para-hydroxylation sites is 1. The van der Waals surface area contributed by atoms with Gasteiger partial charge in [-0.25, -0.2) is 4.79 Å². The van der Waals surface area contributed by atoms with Gasteiger partial charge in [-0.2, -0.15) is 0 Å². The number of phenols is 1. The standard InChI is InChI=1S/C19H21NO6/c1-11-6-5-7-16(17(11)21)19(23)26-12(2)18(22)20-13-8-14(24-3)10-15(9-13)25-4/h5-10,12,21H,1-4H3,(H,20,22). The zero-order valence-corrected chi connectivity index (χ0v) is 15.0. The molecular weight excluding hydrogens is 338 g/mol. The van der Waals surface area contributed by atoms with Crippen LogP contribution >= 0.6 is 0 Å². The lowest BCUT2D eigenvalue weighted by Gasteiger charge is -2.15. The highest BCUT2D eigenvalue weighted by Crippen LogP contribution is 2.26. The minimum Gasteiger partial charge on any atom is -0.507 e. The quantitative estimate of drug-likeness (QED) is 0.770. The number of hydrogen-bond donors (Lipinski definition) is 2. The van der Waals surface area contributed by atoms with Gasteiger partial charge in [0.25, 0.3) is 5.91 Å². The first-order valence-corrected chi connectivity index (χ1v) is 7.89. The highest BCUT2D eigenvalue weighted by molar-refractivity contribution is 5.98. The Morgan fingerprint density at radius 3 is 2.27 bits per heavy atom. The second-order valence-electron chi connectivity index (χ2n) is 5.61. The fourth-order valence-corrected chi connectivity index (χ4v) is 2.22. The molecule has 0 fully saturated rings. The Hall–Kier alpha value is -3.22. The topological polar surface area (TPSA) is 94.1 Å². The molecule has 0 aliphatic carbocycles. The molecule has 2 aromatic rings. The molecule has 0 saturated heterocycles. The van der Waals surface area contributed by atoms with Crippen molar-refractivity contribution in [2.45, 2.75) is 20.0 Å². The monoisotopic (exact) mass is 359 g/mol. The van der Waals surface area contributed by atoms with E-state index in [1.807, 2.05) is 0 Å². The number of methoxy groups -OCH3 is 2. The summed E-state index contributed by atoms with van der Waals surface area (Å²) in [4.78, 5) is 24.5. The molecule has 1 unspecified atom stereocenters. The molecule has 7 nitrogen and oxygen atoms in total. The number of hydrogen-bond acceptors (Lipinski definition) is 6. The van der Waals surface area contributed by atoms with Crippen LogP contribution in [0.1, 0.15) is 22.8 Å². The van der Waals surface area contributed by atoms with Gasteiger partial charge in [0.2, 0.25) is 0 Å². The third-order valence-corrected chi connectivity index (χ3v) is 3.73. The summed E-state index contributed by atoms with van der Waals surface area (Å²) in [6, 6.07) is 9.61. The average Bonchev–Trinajstić information content (AvgIpc) is 2.63. The highest BCUT2D eigenvalue weighted by atomic mass is 16.5. The maximum atomic E-state index is 12.3. The van der Waals surface area contributed by atoms with Crippen molar-refractivity contribution in [3.05, 3.63) is 47.5 Å². The number of nitrogens with one attached hydrogen (secondary N) is 1. The van der Waals surface area contributed by atoms with Gasteiger partial charge in [0.15, 0.2) is 6.10 Å². The molecule has 0 bridgehead atoms. The molecule has 0 aliphatic heterocycles. The number of esters is 1. The summed E-state index contributed by atoms with van der Waals surface area (Å²) < 4.78 is 15.4. The van der Waals surface area contributed by atoms with Gasteiger partial charge in [0.1, 0.15) is 22.8 Å². The van der Waals surface area contributed by atoms with Gasteiger partial charge in [-0.1, -0.05) is 12.1 Å². The predicted molar refractivity (Wildman–Crippen MR) is 95.9 cm³/mol. The molecule has 138 valence electrons. The van der Waals surface area contributed by atoms with Crippen LogP contribution in [0.5, 0.6) is 17.2 Å². The summed E-state index contributed by atoms with van der Waals surface area (Å²) in [5.74, 6) is -0.455. The van der Waals surface area contributed by atoms with Crippen LogP contribution in [0, 0.1) is 6.92 Å². The summed E-state index contributed by atoms with van der Waals surface area (Å²) in [7, 11) is 3.00. The average molecular weight is 359 g/mol. The van der Waals surface area contributed by atoms with E-state index >= 15 is 0 Å². The van der Waals surface area contributed by atoms with Crippen molar-refractivity contribution in [3.8, 4) is 17.2 Å². The lowest BCUT2D eigenvalue weighted by molar-refractivity contribution is -0.123. The number of phenolic OH excluding ortho intramolecular Hbond substituents is 1. The Balaban J connectivity index is 2.08. The number of benzene rings is 2. The number of rotatable bonds is 6. The molecule has 2 rings (SSSR count). The summed E-state index contributed by atoms with van der Waals surface area (Å²) in [5.41, 5.74) is 0.986. The number of aromatic hydroxyl groups is 1. The van der Waals surface area contributed by atoms with Crippen LogP contribution in [0.25, 0.3) is 0 Å². The van der Waals surface area contributed by atoms with Gasteiger partial charge in [-0.15, -0.1) is 0 Å². The van der Waals surface area contributed by atoms with E-state index in [9.17, 15) is 14.7 Å². The zero-order valence-electron chi connectivity index (χ0n) is 15.0. The maximum Gasteiger partial charge on any atom is 0.342 e. The fourth-order valence-electron chi connectivity index (χ4n) is 2.22. The molecule has 7 heteroatoms. The van der Waals surface area contributed by atoms with Crippen LogP contribution in [0.3, 0.4) is 0 Å². The first kappa shape index (κ1) is 19.1. The molecule has 0 aliphatic rings. The van der Waals surface area contributed by atoms with Crippen LogP contribution in [-0.4, -0.2) is 37.3 Å². The van der Waals surface area contributed by atoms with Crippen LogP contribution in [0.4, 0.5) is 5.69 Å². The van der Waals surface area contributed by atoms with Crippen LogP contribution in [0.2, 0.25) is 0 Å². The summed E-state index contributed by atoms with van der Waals surface area (Å²) in [6.07, 6.45) is -1.07. The normalized spacial score (nSPS) is 11.4. The fraction of sp³-hybridized carbons (Fsp3) is 0.263. The third kappa shape index (κ3) is 4.44. The smallest absolute Gasteiger partial charge is 0.342 e. The first-order chi connectivity index (χ1) is 12.3. The molecule has 0 radical (unpaired) electrons. The van der Waals surface area contributed by atoms with E-state index in [0.717, 1.165) is 0 Å². The number of ether oxygens (including phenoxy) is 3. The second-order valence-corrected chi connectivity index (χ2v) is 5.61. The van der Waals surface area contributed by atoms with E-state index in [1.165, 1.54) is 27.2 Å². The van der Waals surface area contributed by atoms with Gasteiger partial charge in [0, 0.05) is 23.9 Å². The maximum absolute atomic E-state index is 12.3. The molecule has 0 saturated carbocycles. The van der Waals surface area contributed by atoms with Gasteiger partial charge in [-0.3, -0.25) is 4.79 Å². The Bertz CT molecular complexity index is 795. The first-order valence-electron chi connectivity index (χ1n) is 7.89. The molecule has 0 spiro atoms. The number of amides is 1. The minimum absolute atomic E-state index is 0.00713. The number of anilines is 1. The van der Waals surface area contributed by atoms with Crippen molar-refractivity contribution in [2.24, 2.45) is 0 Å². The number of aryl methyl sites for hydroxylation is 1. The highest BCUT2D eigenvalue weighted by Gasteiger charge is 2.22. The van der Waals surface area contributed by atoms with Gasteiger partial charge >= 0.3 is 5.97 Å². The lowest BCUT2D eigenvalue weighted by Crippen LogP contribution is -2.30. The molecule has 2 N–H and O–H groups in total. The summed E-state index contributed by atoms with van der Waals surface area (Å²) in [5, 5.41) is 12.6. The Kier molecular flexibility index (Phi) is 6.06. The zero-order chi connectivity index (χ0) is 19.3. The second kappa shape index (κ2) is 8.24. The molecule has 0 heterocycles. The van der Waals surface area contributed by atoms with Crippen LogP contribution < -0.4 is 14.8 Å². The third-order valence-electron chi connectivity index (χ3n) is 3.73. The minimum atomic E-state index is -1.07. The molecule has 2 aromatic carbocycles. The van der Waals surface area contributed by atoms with Gasteiger partial charge in [-0.05, 0) is 25.5 Å². The molecule has 26 heavy (non-hydrogen) atoms. The molecule has 1 atom stereocenters. The van der Waals surface area contributed by atoms with Crippen molar-refractivity contribution in [1.29, 1.82) is 0 Å². The lowest BCUT2D eigenvalue weighted by atomic mass is 10.1. The van der Waals surface area contributed by atoms with Crippen LogP contribution in [-0.2, 0) is 9.53 Å². The number of carbonyl (C=O) groups excluding carboxylic acids is 2. The molecular formula is C19H21NO6. The van der Waals surface area contributed by atoms with Crippen molar-refractivity contribution >= 4 is 17.6 Å². The van der Waals surface area contributed by atoms with Crippen molar-refractivity contribution in [3.63, 3.8) is 0 Å². The van der Waals surface area contributed by atoms with E-state index < -0.39 is 18.0 Å². The van der Waals surface area contributed by atoms with Gasteiger partial charge in [0.05, 0.1) is 14.2 Å². The summed E-state index contributed by atoms with van der Waals surface area (Å²) in [6.45, 7) is 3.11. The Labute approximate surface area is 151 Å². The van der Waals surface area contributed by atoms with Crippen molar-refractivity contribution in [1.82, 2.24) is 0 Å². The molecule has 1 amide bonds. The van der Waals surface area contributed by atoms with Crippen LogP contribution in [0.15, 0.2) is 36.4 Å². The Morgan fingerprint density at radius 1 is 1.08 bits per heavy atom. The van der Waals surface area contributed by atoms with E-state index in [-0.39, 0.29) is 11.3 Å². The van der Waals surface area contributed by atoms with E-state index in [2.05, 4.69) is 5.32 Å². The van der Waals surface area contributed by atoms with E-state index in [1.54, 1.807) is 37.3 Å². The molecule has 0 aromatic heterocycles. The van der Waals surface area contributed by atoms with Gasteiger partial charge < -0.3 is 24.6 Å². The van der Waals surface area contributed by atoms with Crippen molar-refractivity contribution < 1.29 is 28.9 Å². The van der Waals surface area contributed by atoms with E-state index in [4.69, 9.17) is 14.2 Å². The summed E-state index contributed by atoms with van der Waals surface area (Å²) >= 11 is 0. The Morgan fingerprint density at radius 2 is 1.69 bits per heavy atom. The van der Waals surface area contributed by atoms with E-state index in [0.29, 0.717) is 22.7 Å². The SMILES string of the molecule is COc1cc(NC(=O)C(C)OC(=O)c2cccc(C)c2O)cc(OC)c1. The number of carbonyl (C=O) groups is 2. The predicted octanol–water partition coefficient (Wildman–Crippen LogP) is 2.90.